The van der Waals surface area contributed by atoms with E-state index in [9.17, 15) is 4.79 Å². The van der Waals surface area contributed by atoms with Gasteiger partial charge in [-0.3, -0.25) is 4.79 Å². The number of anilines is 2. The smallest absolute Gasteiger partial charge is 0.257 e. The number of carbonyl (C=O) groups is 1. The van der Waals surface area contributed by atoms with Crippen molar-refractivity contribution in [2.75, 3.05) is 10.6 Å². The van der Waals surface area contributed by atoms with E-state index >= 15 is 0 Å². The van der Waals surface area contributed by atoms with Gasteiger partial charge in [-0.05, 0) is 25.1 Å². The number of hydrogen-bond donors (Lipinski definition) is 2. The van der Waals surface area contributed by atoms with Gasteiger partial charge in [0.2, 0.25) is 0 Å². The van der Waals surface area contributed by atoms with Crippen LogP contribution in [0.25, 0.3) is 0 Å². The molecule has 3 nitrogen and oxygen atoms in total. The highest BCUT2D eigenvalue weighted by molar-refractivity contribution is 6.10. The molecule has 1 aliphatic heterocycles. The minimum absolute atomic E-state index is 0.113. The third kappa shape index (κ3) is 2.13. The second-order valence-corrected chi connectivity index (χ2v) is 3.64. The lowest BCUT2D eigenvalue weighted by atomic mass is 10.1. The Kier molecular flexibility index (Phi) is 3.10. The monoisotopic (exact) mass is 226 g/mol. The first-order chi connectivity index (χ1) is 8.26. The van der Waals surface area contributed by atoms with Crippen LogP contribution in [0.2, 0.25) is 0 Å². The molecule has 0 radical (unpaired) electrons. The number of rotatable bonds is 1. The van der Waals surface area contributed by atoms with Crippen molar-refractivity contribution in [1.82, 2.24) is 0 Å². The summed E-state index contributed by atoms with van der Waals surface area (Å²) in [5.41, 5.74) is 3.03. The van der Waals surface area contributed by atoms with Crippen LogP contribution in [-0.2, 0) is 4.79 Å². The fourth-order valence-electron chi connectivity index (χ4n) is 1.76. The van der Waals surface area contributed by atoms with Gasteiger partial charge in [0.15, 0.2) is 0 Å². The van der Waals surface area contributed by atoms with Crippen LogP contribution in [-0.4, -0.2) is 5.91 Å². The maximum Gasteiger partial charge on any atom is 0.257 e. The molecule has 3 heteroatoms. The summed E-state index contributed by atoms with van der Waals surface area (Å²) in [6, 6.07) is 7.60. The van der Waals surface area contributed by atoms with Crippen LogP contribution in [0.4, 0.5) is 11.4 Å². The van der Waals surface area contributed by atoms with Crippen LogP contribution >= 0.6 is 0 Å². The van der Waals surface area contributed by atoms with Crippen molar-refractivity contribution in [2.45, 2.75) is 6.92 Å². The molecule has 0 bridgehead atoms. The van der Waals surface area contributed by atoms with Crippen molar-refractivity contribution in [2.24, 2.45) is 0 Å². The number of fused-ring (bicyclic) bond motifs is 1. The van der Waals surface area contributed by atoms with Crippen molar-refractivity contribution >= 4 is 17.3 Å². The normalized spacial score (nSPS) is 19.2. The summed E-state index contributed by atoms with van der Waals surface area (Å²) in [7, 11) is 0. The fourth-order valence-corrected chi connectivity index (χ4v) is 1.76. The van der Waals surface area contributed by atoms with E-state index in [0.29, 0.717) is 5.57 Å². The molecule has 1 aromatic carbocycles. The van der Waals surface area contributed by atoms with E-state index in [1.165, 1.54) is 0 Å². The Morgan fingerprint density at radius 1 is 1.18 bits per heavy atom. The molecule has 0 aliphatic carbocycles. The average Bonchev–Trinajstić information content (AvgIpc) is 2.45. The molecule has 1 aromatic rings. The van der Waals surface area contributed by atoms with Crippen LogP contribution < -0.4 is 10.6 Å². The summed E-state index contributed by atoms with van der Waals surface area (Å²) in [5.74, 6) is -0.113. The van der Waals surface area contributed by atoms with E-state index in [1.54, 1.807) is 18.2 Å². The topological polar surface area (TPSA) is 41.1 Å². The molecule has 1 amide bonds. The Hall–Kier alpha value is -2.29. The Labute approximate surface area is 101 Å². The number of benzene rings is 1. The lowest BCUT2D eigenvalue weighted by Crippen LogP contribution is -2.14. The predicted octanol–water partition coefficient (Wildman–Crippen LogP) is 3.07. The van der Waals surface area contributed by atoms with E-state index in [4.69, 9.17) is 0 Å². The zero-order chi connectivity index (χ0) is 12.3. The van der Waals surface area contributed by atoms with Gasteiger partial charge >= 0.3 is 0 Å². The first kappa shape index (κ1) is 11.2. The van der Waals surface area contributed by atoms with Crippen LogP contribution in [0.3, 0.4) is 0 Å². The minimum atomic E-state index is -0.113. The Bertz CT molecular complexity index is 527. The van der Waals surface area contributed by atoms with E-state index in [2.05, 4.69) is 17.2 Å². The van der Waals surface area contributed by atoms with Crippen molar-refractivity contribution < 1.29 is 4.79 Å². The minimum Gasteiger partial charge on any atom is -0.353 e. The summed E-state index contributed by atoms with van der Waals surface area (Å²) >= 11 is 0. The number of hydrogen-bond acceptors (Lipinski definition) is 2. The number of nitrogens with one attached hydrogen (secondary N) is 2. The molecule has 0 fully saturated rings. The molecule has 2 N–H and O–H groups in total. The SMILES string of the molecule is C=C/C=C1/Nc2ccccc2NC(=O)/C1=C/C. The van der Waals surface area contributed by atoms with Crippen LogP contribution in [0, 0.1) is 0 Å². The van der Waals surface area contributed by atoms with Crippen molar-refractivity contribution in [3.8, 4) is 0 Å². The summed E-state index contributed by atoms with van der Waals surface area (Å²) in [6.45, 7) is 5.50. The highest BCUT2D eigenvalue weighted by atomic mass is 16.1. The Balaban J connectivity index is 2.53. The summed E-state index contributed by atoms with van der Waals surface area (Å²) in [4.78, 5) is 12.0. The van der Waals surface area contributed by atoms with E-state index in [1.807, 2.05) is 31.2 Å². The highest BCUT2D eigenvalue weighted by Crippen LogP contribution is 2.28. The van der Waals surface area contributed by atoms with Crippen molar-refractivity contribution in [1.29, 1.82) is 0 Å². The first-order valence-electron chi connectivity index (χ1n) is 5.43. The van der Waals surface area contributed by atoms with Crippen LogP contribution in [0.1, 0.15) is 6.92 Å². The van der Waals surface area contributed by atoms with Gasteiger partial charge in [-0.25, -0.2) is 0 Å². The van der Waals surface area contributed by atoms with E-state index in [0.717, 1.165) is 17.1 Å². The number of allylic oxidation sites excluding steroid dienone is 3. The molecular formula is C14H14N2O. The van der Waals surface area contributed by atoms with Gasteiger partial charge in [0.05, 0.1) is 22.6 Å². The maximum atomic E-state index is 12.0. The molecule has 1 aliphatic rings. The van der Waals surface area contributed by atoms with E-state index in [-0.39, 0.29) is 5.91 Å². The van der Waals surface area contributed by atoms with Gasteiger partial charge in [0.25, 0.3) is 5.91 Å². The summed E-state index contributed by atoms with van der Waals surface area (Å²) in [6.07, 6.45) is 5.23. The average molecular weight is 226 g/mol. The predicted molar refractivity (Wildman–Crippen MR) is 70.7 cm³/mol. The molecule has 0 saturated heterocycles. The summed E-state index contributed by atoms with van der Waals surface area (Å²) < 4.78 is 0. The molecule has 0 saturated carbocycles. The molecule has 0 atom stereocenters. The third-order valence-electron chi connectivity index (χ3n) is 2.55. The Morgan fingerprint density at radius 2 is 1.82 bits per heavy atom. The quantitative estimate of drug-likeness (QED) is 0.722. The zero-order valence-electron chi connectivity index (χ0n) is 9.66. The highest BCUT2D eigenvalue weighted by Gasteiger charge is 2.19. The third-order valence-corrected chi connectivity index (χ3v) is 2.55. The standard InChI is InChI=1S/C14H14N2O/c1-3-7-11-10(4-2)14(17)16-13-9-6-5-8-12(13)15-11/h3-9,15H,1H2,2H3,(H,16,17)/b10-4+,11-7+. The molecule has 0 unspecified atom stereocenters. The molecule has 0 spiro atoms. The summed E-state index contributed by atoms with van der Waals surface area (Å²) in [5, 5.41) is 6.10. The molecule has 86 valence electrons. The molecule has 17 heavy (non-hydrogen) atoms. The maximum absolute atomic E-state index is 12.0. The number of para-hydroxylation sites is 2. The number of carbonyl (C=O) groups excluding carboxylic acids is 1. The Morgan fingerprint density at radius 3 is 2.41 bits per heavy atom. The largest absolute Gasteiger partial charge is 0.353 e. The van der Waals surface area contributed by atoms with Gasteiger partial charge in [-0.1, -0.05) is 30.9 Å². The molecule has 0 aromatic heterocycles. The number of amides is 1. The molecule has 2 rings (SSSR count). The van der Waals surface area contributed by atoms with Crippen LogP contribution in [0.5, 0.6) is 0 Å². The molecular weight excluding hydrogens is 212 g/mol. The first-order valence-corrected chi connectivity index (χ1v) is 5.43. The van der Waals surface area contributed by atoms with Gasteiger partial charge < -0.3 is 10.6 Å². The lowest BCUT2D eigenvalue weighted by Gasteiger charge is -2.08. The fraction of sp³-hybridized carbons (Fsp3) is 0.0714. The van der Waals surface area contributed by atoms with Crippen molar-refractivity contribution in [3.05, 3.63) is 60.3 Å². The van der Waals surface area contributed by atoms with Gasteiger partial charge in [0, 0.05) is 0 Å². The lowest BCUT2D eigenvalue weighted by molar-refractivity contribution is -0.112. The van der Waals surface area contributed by atoms with Gasteiger partial charge in [-0.15, -0.1) is 0 Å². The second-order valence-electron chi connectivity index (χ2n) is 3.64. The van der Waals surface area contributed by atoms with Crippen LogP contribution in [0.15, 0.2) is 60.3 Å². The van der Waals surface area contributed by atoms with Gasteiger partial charge in [0.1, 0.15) is 0 Å². The zero-order valence-corrected chi connectivity index (χ0v) is 9.66. The molecule has 1 heterocycles. The van der Waals surface area contributed by atoms with Gasteiger partial charge in [-0.2, -0.15) is 0 Å². The van der Waals surface area contributed by atoms with E-state index < -0.39 is 0 Å². The second kappa shape index (κ2) is 4.70. The van der Waals surface area contributed by atoms with Crippen molar-refractivity contribution in [3.63, 3.8) is 0 Å².